The largest absolute Gasteiger partial charge is 0.425 e. The monoisotopic (exact) mass is 319 g/mol. The van der Waals surface area contributed by atoms with Crippen LogP contribution in [0, 0.1) is 17.8 Å². The number of hydrogen-bond donors (Lipinski definition) is 0. The van der Waals surface area contributed by atoms with E-state index in [-0.39, 0.29) is 23.5 Å². The highest BCUT2D eigenvalue weighted by Gasteiger charge is 2.49. The first kappa shape index (κ1) is 15.3. The van der Waals surface area contributed by atoms with Crippen molar-refractivity contribution in [3.05, 3.63) is 53.0 Å². The summed E-state index contributed by atoms with van der Waals surface area (Å²) >= 11 is 0. The van der Waals surface area contributed by atoms with Gasteiger partial charge in [-0.2, -0.15) is 26.3 Å². The average molecular weight is 319 g/mol. The second kappa shape index (κ2) is 4.70. The molecule has 22 heavy (non-hydrogen) atoms. The van der Waals surface area contributed by atoms with Crippen LogP contribution < -0.4 is 0 Å². The standard InChI is InChI=1S/C16H13F6/c1-8-9-2-3-10(4-9)14(8)11-5-12(15(17,18)19)7-13(6-11)16(20,21)22/h5-7,9-10H,1-4H2/q+1. The molecule has 0 heterocycles. The molecule has 2 fully saturated rings. The second-order valence-electron chi connectivity index (χ2n) is 5.94. The summed E-state index contributed by atoms with van der Waals surface area (Å²) in [5.41, 5.74) is -1.82. The van der Waals surface area contributed by atoms with Gasteiger partial charge in [-0.3, -0.25) is 0 Å². The van der Waals surface area contributed by atoms with Crippen LogP contribution in [0.5, 0.6) is 0 Å². The molecule has 0 radical (unpaired) electrons. The summed E-state index contributed by atoms with van der Waals surface area (Å²) in [7, 11) is 0. The van der Waals surface area contributed by atoms with Crippen LogP contribution in [0.4, 0.5) is 26.3 Å². The van der Waals surface area contributed by atoms with Gasteiger partial charge in [-0.05, 0) is 31.9 Å². The fraction of sp³-hybridized carbons (Fsp3) is 0.438. The third kappa shape index (κ3) is 2.48. The van der Waals surface area contributed by atoms with Gasteiger partial charge in [0.2, 0.25) is 0 Å². The highest BCUT2D eigenvalue weighted by atomic mass is 19.4. The molecule has 0 aliphatic heterocycles. The highest BCUT2D eigenvalue weighted by Crippen LogP contribution is 2.55. The van der Waals surface area contributed by atoms with E-state index in [1.165, 1.54) is 0 Å². The zero-order valence-corrected chi connectivity index (χ0v) is 11.5. The molecule has 0 saturated heterocycles. The summed E-state index contributed by atoms with van der Waals surface area (Å²) in [6.45, 7) is 3.88. The molecule has 0 aromatic heterocycles. The molecule has 6 heteroatoms. The molecule has 1 aromatic rings. The average Bonchev–Trinajstić information content (AvgIpc) is 2.96. The molecule has 2 bridgehead atoms. The highest BCUT2D eigenvalue weighted by molar-refractivity contribution is 5.52. The van der Waals surface area contributed by atoms with Crippen LogP contribution in [0.1, 0.15) is 36.0 Å². The lowest BCUT2D eigenvalue weighted by Crippen LogP contribution is -2.16. The lowest BCUT2D eigenvalue weighted by molar-refractivity contribution is -0.143. The van der Waals surface area contributed by atoms with Gasteiger partial charge in [0.15, 0.2) is 0 Å². The molecular formula is C16H13F6+. The number of fused-ring (bicyclic) bond motifs is 2. The molecule has 0 spiro atoms. The predicted molar refractivity (Wildman–Crippen MR) is 68.8 cm³/mol. The van der Waals surface area contributed by atoms with E-state index in [9.17, 15) is 26.3 Å². The maximum absolute atomic E-state index is 12.9. The summed E-state index contributed by atoms with van der Waals surface area (Å²) in [5, 5.41) is 0. The van der Waals surface area contributed by atoms with Crippen molar-refractivity contribution in [3.8, 4) is 0 Å². The Hall–Kier alpha value is -1.59. The Bertz CT molecular complexity index is 578. The number of rotatable bonds is 1. The number of benzene rings is 1. The first-order valence-electron chi connectivity index (χ1n) is 6.93. The molecule has 1 aromatic carbocycles. The van der Waals surface area contributed by atoms with Crippen molar-refractivity contribution in [1.82, 2.24) is 0 Å². The van der Waals surface area contributed by atoms with E-state index >= 15 is 0 Å². The molecule has 118 valence electrons. The minimum Gasteiger partial charge on any atom is -0.165 e. The van der Waals surface area contributed by atoms with Crippen molar-refractivity contribution in [2.75, 3.05) is 0 Å². The molecule has 0 nitrogen and oxygen atoms in total. The van der Waals surface area contributed by atoms with Crippen molar-refractivity contribution in [2.45, 2.75) is 31.6 Å². The number of halogens is 6. The Kier molecular flexibility index (Phi) is 3.27. The van der Waals surface area contributed by atoms with Crippen molar-refractivity contribution in [2.24, 2.45) is 11.8 Å². The van der Waals surface area contributed by atoms with Crippen LogP contribution in [-0.4, -0.2) is 0 Å². The zero-order chi connectivity index (χ0) is 16.3. The lowest BCUT2D eigenvalue weighted by atomic mass is 9.79. The van der Waals surface area contributed by atoms with Gasteiger partial charge >= 0.3 is 12.4 Å². The molecular weight excluding hydrogens is 306 g/mol. The fourth-order valence-corrected chi connectivity index (χ4v) is 3.57. The molecule has 2 saturated carbocycles. The van der Waals surface area contributed by atoms with Gasteiger partial charge in [0.05, 0.1) is 22.6 Å². The topological polar surface area (TPSA) is 0 Å². The van der Waals surface area contributed by atoms with Crippen LogP contribution in [0.25, 0.3) is 0 Å². The lowest BCUT2D eigenvalue weighted by Gasteiger charge is -2.20. The van der Waals surface area contributed by atoms with E-state index in [0.29, 0.717) is 11.5 Å². The van der Waals surface area contributed by atoms with Crippen molar-refractivity contribution in [1.29, 1.82) is 0 Å². The minimum absolute atomic E-state index is 0.0133. The zero-order valence-electron chi connectivity index (χ0n) is 11.5. The van der Waals surface area contributed by atoms with Gasteiger partial charge < -0.3 is 0 Å². The van der Waals surface area contributed by atoms with E-state index in [1.54, 1.807) is 0 Å². The van der Waals surface area contributed by atoms with Gasteiger partial charge in [-0.15, -0.1) is 0 Å². The third-order valence-electron chi connectivity index (χ3n) is 4.58. The Morgan fingerprint density at radius 2 is 1.45 bits per heavy atom. The summed E-state index contributed by atoms with van der Waals surface area (Å²) in [4.78, 5) is 0. The van der Waals surface area contributed by atoms with Crippen LogP contribution in [0.15, 0.2) is 30.4 Å². The van der Waals surface area contributed by atoms with Gasteiger partial charge in [0.1, 0.15) is 0 Å². The van der Waals surface area contributed by atoms with E-state index < -0.39 is 23.5 Å². The Labute approximate surface area is 123 Å². The second-order valence-corrected chi connectivity index (χ2v) is 5.94. The summed E-state index contributed by atoms with van der Waals surface area (Å²) in [6.07, 6.45) is -7.12. The van der Waals surface area contributed by atoms with Crippen molar-refractivity contribution in [3.63, 3.8) is 0 Å². The van der Waals surface area contributed by atoms with E-state index in [0.717, 1.165) is 31.4 Å². The maximum atomic E-state index is 12.9. The summed E-state index contributed by atoms with van der Waals surface area (Å²) < 4.78 is 77.5. The smallest absolute Gasteiger partial charge is 0.165 e. The molecule has 0 N–H and O–H groups in total. The first-order valence-corrected chi connectivity index (χ1v) is 6.93. The van der Waals surface area contributed by atoms with Gasteiger partial charge in [-0.25, -0.2) is 0 Å². The fourth-order valence-electron chi connectivity index (χ4n) is 3.57. The van der Waals surface area contributed by atoms with Crippen molar-refractivity contribution < 1.29 is 26.3 Å². The maximum Gasteiger partial charge on any atom is 0.425 e. The van der Waals surface area contributed by atoms with E-state index in [1.807, 2.05) is 0 Å². The SMILES string of the molecule is C=C1[C+](c2cc(C(F)(F)F)cc(C(F)(F)F)c2)C2CCC1C2. The summed E-state index contributed by atoms with van der Waals surface area (Å²) in [6, 6.07) is 1.80. The van der Waals surface area contributed by atoms with E-state index in [2.05, 4.69) is 6.58 Å². The Balaban J connectivity index is 2.09. The van der Waals surface area contributed by atoms with Crippen LogP contribution >= 0.6 is 0 Å². The van der Waals surface area contributed by atoms with Crippen LogP contribution in [-0.2, 0) is 12.4 Å². The molecule has 2 atom stereocenters. The number of hydrogen-bond acceptors (Lipinski definition) is 0. The van der Waals surface area contributed by atoms with Crippen LogP contribution in [0.3, 0.4) is 0 Å². The Morgan fingerprint density at radius 1 is 0.909 bits per heavy atom. The summed E-state index contributed by atoms with van der Waals surface area (Å²) in [5.74, 6) is 0.804. The van der Waals surface area contributed by atoms with Gasteiger partial charge in [-0.1, -0.05) is 0 Å². The predicted octanol–water partition coefficient (Wildman–Crippen LogP) is 5.63. The molecule has 3 rings (SSSR count). The van der Waals surface area contributed by atoms with E-state index in [4.69, 9.17) is 0 Å². The molecule has 2 unspecified atom stereocenters. The minimum atomic E-state index is -4.81. The quantitative estimate of drug-likeness (QED) is 0.465. The molecule has 2 aliphatic rings. The van der Waals surface area contributed by atoms with Crippen LogP contribution in [0.2, 0.25) is 0 Å². The number of allylic oxidation sites excluding steroid dienone is 1. The van der Waals surface area contributed by atoms with Crippen molar-refractivity contribution >= 4 is 0 Å². The first-order chi connectivity index (χ1) is 10.1. The number of alkyl halides is 6. The van der Waals surface area contributed by atoms with Gasteiger partial charge in [0.25, 0.3) is 0 Å². The normalized spacial score (nSPS) is 25.2. The molecule has 2 aliphatic carbocycles. The van der Waals surface area contributed by atoms with Gasteiger partial charge in [0, 0.05) is 29.5 Å². The molecule has 0 amide bonds. The third-order valence-corrected chi connectivity index (χ3v) is 4.58. The Morgan fingerprint density at radius 3 is 1.86 bits per heavy atom.